The summed E-state index contributed by atoms with van der Waals surface area (Å²) in [5.74, 6) is 0.114. The lowest BCUT2D eigenvalue weighted by atomic mass is 9.92. The van der Waals surface area contributed by atoms with Gasteiger partial charge < -0.3 is 25.1 Å². The molecule has 2 saturated heterocycles. The number of nitrogens with two attached hydrogens (primary N) is 1. The van der Waals surface area contributed by atoms with E-state index >= 15 is 0 Å². The molecule has 0 saturated carbocycles. The van der Waals surface area contributed by atoms with Gasteiger partial charge in [-0.1, -0.05) is 30.3 Å². The van der Waals surface area contributed by atoms with E-state index in [1.807, 2.05) is 30.3 Å². The summed E-state index contributed by atoms with van der Waals surface area (Å²) in [4.78, 5) is 3.91. The summed E-state index contributed by atoms with van der Waals surface area (Å²) in [5.41, 5.74) is 5.58. The topological polar surface area (TPSA) is 128 Å². The number of benzene rings is 1. The fourth-order valence-electron chi connectivity index (χ4n) is 3.85. The van der Waals surface area contributed by atoms with Crippen LogP contribution in [0.2, 0.25) is 0 Å². The van der Waals surface area contributed by atoms with Crippen molar-refractivity contribution in [2.75, 3.05) is 12.3 Å². The number of hydrogen-bond acceptors (Lipinski definition) is 8. The highest BCUT2D eigenvalue weighted by Crippen LogP contribution is 2.49. The Balaban J connectivity index is 1.64. The van der Waals surface area contributed by atoms with Gasteiger partial charge in [-0.3, -0.25) is 0 Å². The molecule has 142 valence electrons. The summed E-state index contributed by atoms with van der Waals surface area (Å²) in [7, 11) is 0. The number of ether oxygens (including phenoxy) is 3. The highest BCUT2D eigenvalue weighted by Gasteiger charge is 2.63. The first-order chi connectivity index (χ1) is 14.1. The van der Waals surface area contributed by atoms with Crippen LogP contribution in [0.15, 0.2) is 48.8 Å². The minimum absolute atomic E-state index is 0.0545. The molecule has 0 radical (unpaired) electrons. The molecule has 4 heterocycles. The van der Waals surface area contributed by atoms with E-state index in [0.717, 1.165) is 5.56 Å². The zero-order chi connectivity index (χ0) is 20.2. The van der Waals surface area contributed by atoms with Crippen molar-refractivity contribution in [1.82, 2.24) is 14.6 Å². The molecule has 0 bridgehead atoms. The molecule has 3 N–H and O–H groups in total. The minimum atomic E-state index is -1.65. The first-order valence-electron chi connectivity index (χ1n) is 9.24. The fourth-order valence-corrected chi connectivity index (χ4v) is 3.85. The first kappa shape index (κ1) is 16.0. The first-order valence-corrected chi connectivity index (χ1v) is 8.74. The van der Waals surface area contributed by atoms with Crippen molar-refractivity contribution in [3.8, 4) is 6.07 Å². The van der Waals surface area contributed by atoms with Gasteiger partial charge in [0.2, 0.25) is 5.60 Å². The Kier molecular flexibility index (Phi) is 3.57. The van der Waals surface area contributed by atoms with Crippen LogP contribution in [0.5, 0.6) is 0 Å². The van der Waals surface area contributed by atoms with Crippen LogP contribution in [0.4, 0.5) is 5.82 Å². The number of nitrogens with zero attached hydrogens (tertiary/aromatic N) is 4. The molecule has 2 fully saturated rings. The quantitative estimate of drug-likeness (QED) is 0.686. The van der Waals surface area contributed by atoms with Crippen molar-refractivity contribution >= 4 is 11.3 Å². The summed E-state index contributed by atoms with van der Waals surface area (Å²) in [6.45, 7) is -0.358. The molecule has 9 nitrogen and oxygen atoms in total. The average Bonchev–Trinajstić information content (AvgIpc) is 3.41. The maximum absolute atomic E-state index is 10.2. The van der Waals surface area contributed by atoms with E-state index in [1.54, 1.807) is 0 Å². The van der Waals surface area contributed by atoms with Crippen molar-refractivity contribution in [3.05, 3.63) is 60.0 Å². The van der Waals surface area contributed by atoms with Crippen LogP contribution >= 0.6 is 0 Å². The number of fused-ring (bicyclic) bond motifs is 2. The molecule has 3 aromatic rings. The summed E-state index contributed by atoms with van der Waals surface area (Å²) in [6, 6.07) is 13.0. The van der Waals surface area contributed by atoms with Crippen molar-refractivity contribution in [3.63, 3.8) is 0 Å². The lowest BCUT2D eigenvalue weighted by Gasteiger charge is -2.26. The molecular formula is C19H17N5O4. The lowest BCUT2D eigenvalue weighted by molar-refractivity contribution is -0.160. The number of hydrogen-bond donors (Lipinski definition) is 2. The maximum Gasteiger partial charge on any atom is 0.226 e. The predicted molar refractivity (Wildman–Crippen MR) is 95.6 cm³/mol. The Labute approximate surface area is 161 Å². The van der Waals surface area contributed by atoms with Crippen molar-refractivity contribution in [2.24, 2.45) is 0 Å². The van der Waals surface area contributed by atoms with Gasteiger partial charge in [-0.15, -0.1) is 0 Å². The second-order valence-corrected chi connectivity index (χ2v) is 6.67. The summed E-state index contributed by atoms with van der Waals surface area (Å²) >= 11 is 0. The normalized spacial score (nSPS) is 32.2. The van der Waals surface area contributed by atoms with Crippen LogP contribution in [-0.2, 0) is 19.8 Å². The molecular weight excluding hydrogens is 362 g/mol. The van der Waals surface area contributed by atoms with Gasteiger partial charge in [0, 0.05) is 5.56 Å². The van der Waals surface area contributed by atoms with Gasteiger partial charge in [0.25, 0.3) is 0 Å². The van der Waals surface area contributed by atoms with Gasteiger partial charge in [-0.25, -0.2) is 9.50 Å². The Morgan fingerprint density at radius 2 is 2.14 bits per heavy atom. The molecule has 9 heteroatoms. The Bertz CT molecular complexity index is 1120. The molecule has 28 heavy (non-hydrogen) atoms. The molecule has 2 aromatic heterocycles. The largest absolute Gasteiger partial charge is 0.394 e. The smallest absolute Gasteiger partial charge is 0.226 e. The van der Waals surface area contributed by atoms with E-state index in [0.29, 0.717) is 0 Å². The number of aliphatic hydroxyl groups is 1. The van der Waals surface area contributed by atoms with Crippen LogP contribution < -0.4 is 5.73 Å². The van der Waals surface area contributed by atoms with Gasteiger partial charge in [-0.2, -0.15) is 10.4 Å². The van der Waals surface area contributed by atoms with E-state index in [1.165, 1.54) is 16.9 Å². The summed E-state index contributed by atoms with van der Waals surface area (Å²) in [5, 5.41) is 24.2. The maximum atomic E-state index is 10.2. The predicted octanol–water partition coefficient (Wildman–Crippen LogP) is 0.904. The van der Waals surface area contributed by atoms with Gasteiger partial charge in [-0.05, 0) is 12.1 Å². The molecule has 1 unspecified atom stereocenters. The molecule has 0 amide bonds. The number of aliphatic hydroxyl groups excluding tert-OH is 1. The molecule has 5 rings (SSSR count). The second-order valence-electron chi connectivity index (χ2n) is 6.67. The SMILES string of the molecule is [2H]c1cc([C@]2(C#N)O[C@H](CO)[C@H]3OC(c4ccccc4)O[C@H]32)n2ncnc(N)c12. The second kappa shape index (κ2) is 6.25. The number of nitrogen functional groups attached to an aromatic ring is 1. The van der Waals surface area contributed by atoms with Gasteiger partial charge in [0.05, 0.1) is 13.7 Å². The molecule has 0 spiro atoms. The van der Waals surface area contributed by atoms with Crippen LogP contribution in [0.25, 0.3) is 5.52 Å². The molecule has 2 aliphatic heterocycles. The zero-order valence-corrected chi connectivity index (χ0v) is 14.6. The van der Waals surface area contributed by atoms with Crippen molar-refractivity contribution in [2.45, 2.75) is 30.2 Å². The van der Waals surface area contributed by atoms with E-state index < -0.39 is 30.2 Å². The van der Waals surface area contributed by atoms with Crippen molar-refractivity contribution < 1.29 is 20.7 Å². The van der Waals surface area contributed by atoms with E-state index in [2.05, 4.69) is 16.2 Å². The van der Waals surface area contributed by atoms with E-state index in [-0.39, 0.29) is 29.7 Å². The molecule has 2 aliphatic rings. The van der Waals surface area contributed by atoms with Gasteiger partial charge >= 0.3 is 0 Å². The Hall–Kier alpha value is -3.03. The molecule has 1 aromatic carbocycles. The van der Waals surface area contributed by atoms with Crippen LogP contribution in [0.3, 0.4) is 0 Å². The minimum Gasteiger partial charge on any atom is -0.394 e. The Morgan fingerprint density at radius 3 is 2.89 bits per heavy atom. The van der Waals surface area contributed by atoms with Crippen LogP contribution in [-0.4, -0.2) is 44.6 Å². The van der Waals surface area contributed by atoms with Gasteiger partial charge in [0.15, 0.2) is 12.1 Å². The number of anilines is 1. The highest BCUT2D eigenvalue weighted by molar-refractivity contribution is 5.66. The third kappa shape index (κ3) is 2.26. The number of nitriles is 1. The lowest BCUT2D eigenvalue weighted by Crippen LogP contribution is -2.39. The van der Waals surface area contributed by atoms with E-state index in [4.69, 9.17) is 21.3 Å². The summed E-state index contributed by atoms with van der Waals surface area (Å²) in [6.07, 6.45) is -1.77. The van der Waals surface area contributed by atoms with E-state index in [9.17, 15) is 10.4 Å². The van der Waals surface area contributed by atoms with Crippen molar-refractivity contribution in [1.29, 1.82) is 5.26 Å². The number of aromatic nitrogens is 3. The zero-order valence-electron chi connectivity index (χ0n) is 15.6. The average molecular weight is 380 g/mol. The molecule has 0 aliphatic carbocycles. The third-order valence-corrected chi connectivity index (χ3v) is 5.14. The molecule has 5 atom stereocenters. The summed E-state index contributed by atoms with van der Waals surface area (Å²) < 4.78 is 27.7. The standard InChI is InChI=1S/C19H17N5O4/c20-9-19(14-7-6-12-17(21)22-10-23-24(12)14)16-15(13(8-25)28-19)26-18(27-16)11-4-2-1-3-5-11/h1-7,10,13,15-16,18,25H,8H2,(H2,21,22,23)/t13-,15-,16-,18?,19+/m1/s1/i6D. The van der Waals surface area contributed by atoms with Crippen LogP contribution in [0, 0.1) is 11.3 Å². The fraction of sp³-hybridized carbons (Fsp3) is 0.316. The van der Waals surface area contributed by atoms with Gasteiger partial charge in [0.1, 0.15) is 36.2 Å². The monoisotopic (exact) mass is 380 g/mol. The Morgan fingerprint density at radius 1 is 1.32 bits per heavy atom. The number of rotatable bonds is 3. The highest BCUT2D eigenvalue weighted by atomic mass is 16.8. The van der Waals surface area contributed by atoms with Crippen LogP contribution in [0.1, 0.15) is 18.9 Å². The third-order valence-electron chi connectivity index (χ3n) is 5.14.